The van der Waals surface area contributed by atoms with E-state index in [0.29, 0.717) is 0 Å². The van der Waals surface area contributed by atoms with Crippen LogP contribution in [0.2, 0.25) is 0 Å². The molecule has 2 N–H and O–H groups in total. The lowest BCUT2D eigenvalue weighted by molar-refractivity contribution is -0.119. The van der Waals surface area contributed by atoms with Crippen molar-refractivity contribution in [2.75, 3.05) is 0 Å². The van der Waals surface area contributed by atoms with Gasteiger partial charge < -0.3 is 5.32 Å². The zero-order valence-electron chi connectivity index (χ0n) is 14.1. The van der Waals surface area contributed by atoms with Gasteiger partial charge in [-0.3, -0.25) is 10.1 Å². The predicted octanol–water partition coefficient (Wildman–Crippen LogP) is 3.83. The number of imide groups is 1. The number of nitrogens with zero attached hydrogens (tertiary/aromatic N) is 1. The first-order valence-electron chi connectivity index (χ1n) is 7.65. The molecule has 0 spiro atoms. The summed E-state index contributed by atoms with van der Waals surface area (Å²) >= 11 is 2.84. The number of nitrogens with one attached hydrogen (secondary N) is 2. The van der Waals surface area contributed by atoms with Crippen molar-refractivity contribution in [1.82, 2.24) is 15.6 Å². The lowest BCUT2D eigenvalue weighted by Crippen LogP contribution is -2.45. The minimum absolute atomic E-state index is 0.0169. The van der Waals surface area contributed by atoms with Gasteiger partial charge in [0.15, 0.2) is 4.34 Å². The van der Waals surface area contributed by atoms with Crippen molar-refractivity contribution in [1.29, 1.82) is 0 Å². The maximum absolute atomic E-state index is 12.0. The molecule has 0 radical (unpaired) electrons. The Hall–Kier alpha value is -1.86. The van der Waals surface area contributed by atoms with Crippen LogP contribution in [-0.4, -0.2) is 28.2 Å². The van der Waals surface area contributed by atoms with Crippen molar-refractivity contribution in [2.45, 2.75) is 43.3 Å². The summed E-state index contributed by atoms with van der Waals surface area (Å²) in [4.78, 5) is 28.2. The van der Waals surface area contributed by atoms with E-state index in [1.165, 1.54) is 28.7 Å². The fourth-order valence-electron chi connectivity index (χ4n) is 1.88. The molecule has 0 fully saturated rings. The summed E-state index contributed by atoms with van der Waals surface area (Å²) < 4.78 is 0.803. The van der Waals surface area contributed by atoms with Crippen LogP contribution in [0.4, 0.5) is 4.79 Å². The van der Waals surface area contributed by atoms with Gasteiger partial charge in [-0.2, -0.15) is 0 Å². The SMILES string of the molecule is Cc1ccc(-c2csc(S[C@@H](C)C(=O)NC(=O)NC(C)C)n2)cc1. The maximum atomic E-state index is 12.0. The molecule has 1 heterocycles. The average molecular weight is 364 g/mol. The number of thioether (sulfide) groups is 1. The second-order valence-corrected chi connectivity index (χ2v) is 8.19. The molecule has 0 aliphatic rings. The van der Waals surface area contributed by atoms with Gasteiger partial charge in [0.25, 0.3) is 0 Å². The number of aromatic nitrogens is 1. The van der Waals surface area contributed by atoms with Crippen LogP contribution >= 0.6 is 23.1 Å². The quantitative estimate of drug-likeness (QED) is 0.792. The van der Waals surface area contributed by atoms with Crippen LogP contribution in [0.15, 0.2) is 34.0 Å². The smallest absolute Gasteiger partial charge is 0.321 e. The number of amides is 3. The number of urea groups is 1. The Morgan fingerprint density at radius 3 is 2.46 bits per heavy atom. The Labute approximate surface area is 150 Å². The number of aryl methyl sites for hydroxylation is 1. The second kappa shape index (κ2) is 8.30. The first kappa shape index (κ1) is 18.5. The minimum Gasteiger partial charge on any atom is -0.336 e. The van der Waals surface area contributed by atoms with E-state index in [1.54, 1.807) is 6.92 Å². The number of thiazole rings is 1. The first-order chi connectivity index (χ1) is 11.3. The third-order valence-electron chi connectivity index (χ3n) is 3.13. The van der Waals surface area contributed by atoms with Crippen molar-refractivity contribution < 1.29 is 9.59 Å². The van der Waals surface area contributed by atoms with E-state index in [2.05, 4.69) is 15.6 Å². The average Bonchev–Trinajstić information content (AvgIpc) is 2.95. The zero-order chi connectivity index (χ0) is 17.7. The highest BCUT2D eigenvalue weighted by Crippen LogP contribution is 2.30. The fourth-order valence-corrected chi connectivity index (χ4v) is 3.86. The second-order valence-electron chi connectivity index (χ2n) is 5.74. The van der Waals surface area contributed by atoms with Gasteiger partial charge in [-0.15, -0.1) is 11.3 Å². The van der Waals surface area contributed by atoms with Gasteiger partial charge in [0.2, 0.25) is 5.91 Å². The van der Waals surface area contributed by atoms with Gasteiger partial charge in [0.1, 0.15) is 0 Å². The first-order valence-corrected chi connectivity index (χ1v) is 9.41. The van der Waals surface area contributed by atoms with E-state index in [9.17, 15) is 9.59 Å². The standard InChI is InChI=1S/C17H21N3O2S2/c1-10(2)18-16(22)20-15(21)12(4)24-17-19-14(9-23-17)13-7-5-11(3)6-8-13/h5-10,12H,1-4H3,(H2,18,20,21,22)/t12-/m0/s1. The van der Waals surface area contributed by atoms with Gasteiger partial charge >= 0.3 is 6.03 Å². The summed E-state index contributed by atoms with van der Waals surface area (Å²) in [6.07, 6.45) is 0. The number of carbonyl (C=O) groups is 2. The van der Waals surface area contributed by atoms with E-state index in [-0.39, 0.29) is 11.9 Å². The summed E-state index contributed by atoms with van der Waals surface area (Å²) in [6, 6.07) is 7.67. The summed E-state index contributed by atoms with van der Waals surface area (Å²) in [5.41, 5.74) is 3.15. The van der Waals surface area contributed by atoms with Gasteiger partial charge in [-0.1, -0.05) is 41.6 Å². The normalized spacial score (nSPS) is 12.0. The van der Waals surface area contributed by atoms with Crippen molar-refractivity contribution in [3.05, 3.63) is 35.2 Å². The largest absolute Gasteiger partial charge is 0.336 e. The Morgan fingerprint density at radius 1 is 1.17 bits per heavy atom. The highest BCUT2D eigenvalue weighted by molar-refractivity contribution is 8.02. The summed E-state index contributed by atoms with van der Waals surface area (Å²) in [5.74, 6) is -0.328. The summed E-state index contributed by atoms with van der Waals surface area (Å²) in [5, 5.41) is 6.54. The topological polar surface area (TPSA) is 71.1 Å². The molecule has 1 aromatic carbocycles. The monoisotopic (exact) mass is 363 g/mol. The molecule has 128 valence electrons. The number of rotatable bonds is 5. The molecule has 2 aromatic rings. The summed E-state index contributed by atoms with van der Waals surface area (Å²) in [7, 11) is 0. The molecule has 7 heteroatoms. The van der Waals surface area contributed by atoms with E-state index in [1.807, 2.05) is 50.4 Å². The molecule has 3 amide bonds. The van der Waals surface area contributed by atoms with Crippen LogP contribution in [0.5, 0.6) is 0 Å². The maximum Gasteiger partial charge on any atom is 0.321 e. The molecule has 0 unspecified atom stereocenters. The molecule has 5 nitrogen and oxygen atoms in total. The van der Waals surface area contributed by atoms with Crippen molar-refractivity contribution in [2.24, 2.45) is 0 Å². The van der Waals surface area contributed by atoms with Crippen molar-refractivity contribution in [3.8, 4) is 11.3 Å². The molecular weight excluding hydrogens is 342 g/mol. The van der Waals surface area contributed by atoms with Crippen molar-refractivity contribution >= 4 is 35.0 Å². The molecule has 1 aromatic heterocycles. The van der Waals surface area contributed by atoms with Gasteiger partial charge in [0.05, 0.1) is 10.9 Å². The van der Waals surface area contributed by atoms with E-state index in [0.717, 1.165) is 15.6 Å². The van der Waals surface area contributed by atoms with Crippen LogP contribution in [0.1, 0.15) is 26.3 Å². The van der Waals surface area contributed by atoms with Crippen molar-refractivity contribution in [3.63, 3.8) is 0 Å². The highest BCUT2D eigenvalue weighted by atomic mass is 32.2. The van der Waals surface area contributed by atoms with E-state index >= 15 is 0 Å². The van der Waals surface area contributed by atoms with Crippen LogP contribution < -0.4 is 10.6 Å². The Kier molecular flexibility index (Phi) is 6.39. The number of benzene rings is 1. The molecular formula is C17H21N3O2S2. The highest BCUT2D eigenvalue weighted by Gasteiger charge is 2.19. The predicted molar refractivity (Wildman–Crippen MR) is 99.4 cm³/mol. The molecule has 0 aliphatic heterocycles. The lowest BCUT2D eigenvalue weighted by Gasteiger charge is -2.12. The van der Waals surface area contributed by atoms with Crippen LogP contribution in [0.3, 0.4) is 0 Å². The Balaban J connectivity index is 1.95. The van der Waals surface area contributed by atoms with Crippen LogP contribution in [0.25, 0.3) is 11.3 Å². The van der Waals surface area contributed by atoms with Gasteiger partial charge in [-0.25, -0.2) is 9.78 Å². The fraction of sp³-hybridized carbons (Fsp3) is 0.353. The molecule has 0 saturated carbocycles. The molecule has 2 rings (SSSR count). The number of hydrogen-bond acceptors (Lipinski definition) is 5. The van der Waals surface area contributed by atoms with Crippen LogP contribution in [0, 0.1) is 6.92 Å². The minimum atomic E-state index is -0.470. The number of carbonyl (C=O) groups excluding carboxylic acids is 2. The van der Waals surface area contributed by atoms with Gasteiger partial charge in [-0.05, 0) is 27.7 Å². The molecule has 24 heavy (non-hydrogen) atoms. The molecule has 0 saturated heterocycles. The third-order valence-corrected chi connectivity index (χ3v) is 5.21. The zero-order valence-corrected chi connectivity index (χ0v) is 15.8. The third kappa shape index (κ3) is 5.35. The van der Waals surface area contributed by atoms with Crippen LogP contribution in [-0.2, 0) is 4.79 Å². The van der Waals surface area contributed by atoms with E-state index in [4.69, 9.17) is 0 Å². The number of hydrogen-bond donors (Lipinski definition) is 2. The Bertz CT molecular complexity index is 711. The molecule has 0 aliphatic carbocycles. The molecule has 0 bridgehead atoms. The van der Waals surface area contributed by atoms with Gasteiger partial charge in [0, 0.05) is 17.0 Å². The molecule has 1 atom stereocenters. The Morgan fingerprint density at radius 2 is 1.83 bits per heavy atom. The summed E-state index contributed by atoms with van der Waals surface area (Å²) in [6.45, 7) is 7.48. The lowest BCUT2D eigenvalue weighted by atomic mass is 10.1. The van der Waals surface area contributed by atoms with E-state index < -0.39 is 11.3 Å².